The molecule has 0 aliphatic carbocycles. The number of hydrogen-bond donors (Lipinski definition) is 2. The number of carbonyl (C=O) groups is 3. The lowest BCUT2D eigenvalue weighted by molar-refractivity contribution is -0.129. The third-order valence-corrected chi connectivity index (χ3v) is 10.9. The summed E-state index contributed by atoms with van der Waals surface area (Å²) in [5.41, 5.74) is -0.429. The first kappa shape index (κ1) is 31.1. The van der Waals surface area contributed by atoms with Crippen LogP contribution in [-0.4, -0.2) is 60.0 Å². The molecular formula is C27H32F2N4O5S3. The number of halogens is 2. The summed E-state index contributed by atoms with van der Waals surface area (Å²) in [6.07, 6.45) is 1.60. The van der Waals surface area contributed by atoms with E-state index < -0.39 is 62.9 Å². The molecule has 3 aromatic heterocycles. The number of alkyl halides is 2. The quantitative estimate of drug-likeness (QED) is 0.359. The first-order valence-corrected chi connectivity index (χ1v) is 16.3. The standard InChI is InChI=1S/C27H32F2N4O5S3/c1-15(2)11-19(32-26(36)23-12-22-21(40-23)9-10-39-22)25(35)31-18-7-5-16(3)33(14-20(18)34)41(37,38)24-8-6-17(13-30-24)27(4,28)29/h6,8-10,12-13,15-16,18-19H,5,7,11,14H2,1-4H3,(H,31,35)(H,32,36)/t16-,18+,19+/m1/s1. The minimum atomic E-state index is -4.28. The monoisotopic (exact) mass is 626 g/mol. The van der Waals surface area contributed by atoms with Gasteiger partial charge < -0.3 is 10.6 Å². The van der Waals surface area contributed by atoms with Crippen molar-refractivity contribution in [1.29, 1.82) is 0 Å². The van der Waals surface area contributed by atoms with E-state index in [4.69, 9.17) is 0 Å². The zero-order chi connectivity index (χ0) is 30.1. The van der Waals surface area contributed by atoms with Crippen molar-refractivity contribution in [3.63, 3.8) is 0 Å². The highest BCUT2D eigenvalue weighted by molar-refractivity contribution is 7.89. The molecule has 1 aliphatic heterocycles. The van der Waals surface area contributed by atoms with Crippen LogP contribution in [0.1, 0.15) is 62.2 Å². The van der Waals surface area contributed by atoms with Gasteiger partial charge >= 0.3 is 0 Å². The predicted octanol–water partition coefficient (Wildman–Crippen LogP) is 4.54. The van der Waals surface area contributed by atoms with Gasteiger partial charge in [0.25, 0.3) is 21.9 Å². The summed E-state index contributed by atoms with van der Waals surface area (Å²) in [5.74, 6) is -4.53. The topological polar surface area (TPSA) is 126 Å². The van der Waals surface area contributed by atoms with E-state index in [1.54, 1.807) is 13.0 Å². The SMILES string of the molecule is CC(C)C[C@H](NC(=O)c1cc2sccc2s1)C(=O)N[C@H]1CC[C@@H](C)N(S(=O)(=O)c2ccc(C(C)(F)F)cn2)CC1=O. The molecular weight excluding hydrogens is 595 g/mol. The zero-order valence-electron chi connectivity index (χ0n) is 23.0. The Morgan fingerprint density at radius 3 is 2.54 bits per heavy atom. The number of carbonyl (C=O) groups excluding carboxylic acids is 3. The lowest BCUT2D eigenvalue weighted by Crippen LogP contribution is -2.52. The number of rotatable bonds is 9. The number of fused-ring (bicyclic) bond motifs is 1. The van der Waals surface area contributed by atoms with Crippen molar-refractivity contribution < 1.29 is 31.6 Å². The number of Topliss-reactive ketones (excluding diaryl/α,β-unsaturated/α-hetero) is 1. The van der Waals surface area contributed by atoms with Crippen LogP contribution in [0.5, 0.6) is 0 Å². The van der Waals surface area contributed by atoms with Gasteiger partial charge in [0.15, 0.2) is 10.8 Å². The smallest absolute Gasteiger partial charge is 0.272 e. The summed E-state index contributed by atoms with van der Waals surface area (Å²) >= 11 is 2.86. The van der Waals surface area contributed by atoms with Crippen molar-refractivity contribution in [2.75, 3.05) is 6.54 Å². The molecule has 0 saturated carbocycles. The van der Waals surface area contributed by atoms with Crippen LogP contribution in [0, 0.1) is 5.92 Å². The number of amides is 2. The highest BCUT2D eigenvalue weighted by Crippen LogP contribution is 2.30. The van der Waals surface area contributed by atoms with E-state index in [0.29, 0.717) is 18.2 Å². The molecule has 0 unspecified atom stereocenters. The van der Waals surface area contributed by atoms with E-state index in [0.717, 1.165) is 32.0 Å². The van der Waals surface area contributed by atoms with Gasteiger partial charge in [0.2, 0.25) is 5.91 Å². The van der Waals surface area contributed by atoms with Gasteiger partial charge in [-0.15, -0.1) is 22.7 Å². The van der Waals surface area contributed by atoms with Crippen molar-refractivity contribution in [3.05, 3.63) is 46.3 Å². The van der Waals surface area contributed by atoms with Gasteiger partial charge in [0.05, 0.1) is 17.5 Å². The van der Waals surface area contributed by atoms with Gasteiger partial charge in [-0.2, -0.15) is 4.31 Å². The van der Waals surface area contributed by atoms with Crippen molar-refractivity contribution in [3.8, 4) is 0 Å². The third kappa shape index (κ3) is 7.16. The number of sulfonamides is 1. The second kappa shape index (κ2) is 12.2. The minimum Gasteiger partial charge on any atom is -0.344 e. The van der Waals surface area contributed by atoms with Gasteiger partial charge in [-0.05, 0) is 61.7 Å². The van der Waals surface area contributed by atoms with Crippen LogP contribution in [-0.2, 0) is 25.5 Å². The lowest BCUT2D eigenvalue weighted by Gasteiger charge is -2.25. The third-order valence-electron chi connectivity index (χ3n) is 6.89. The molecule has 1 fully saturated rings. The molecule has 3 atom stereocenters. The first-order valence-electron chi connectivity index (χ1n) is 13.1. The van der Waals surface area contributed by atoms with Crippen LogP contribution in [0.2, 0.25) is 0 Å². The van der Waals surface area contributed by atoms with Crippen molar-refractivity contribution >= 4 is 59.7 Å². The fraction of sp³-hybridized carbons (Fsp3) is 0.481. The average Bonchev–Trinajstić information content (AvgIpc) is 3.47. The number of hydrogen-bond acceptors (Lipinski definition) is 8. The number of ketones is 1. The Kier molecular flexibility index (Phi) is 9.26. The molecule has 1 saturated heterocycles. The fourth-order valence-electron chi connectivity index (χ4n) is 4.60. The molecule has 0 spiro atoms. The molecule has 0 bridgehead atoms. The molecule has 2 N–H and O–H groups in total. The molecule has 0 aromatic carbocycles. The van der Waals surface area contributed by atoms with E-state index in [-0.39, 0.29) is 24.7 Å². The van der Waals surface area contributed by atoms with E-state index >= 15 is 0 Å². The maximum atomic E-state index is 13.6. The number of aromatic nitrogens is 1. The van der Waals surface area contributed by atoms with E-state index in [1.165, 1.54) is 22.7 Å². The molecule has 4 heterocycles. The summed E-state index contributed by atoms with van der Waals surface area (Å²) in [6, 6.07) is 3.24. The van der Waals surface area contributed by atoms with Crippen molar-refractivity contribution in [2.24, 2.45) is 5.92 Å². The molecule has 4 rings (SSSR count). The highest BCUT2D eigenvalue weighted by Gasteiger charge is 2.38. The summed E-state index contributed by atoms with van der Waals surface area (Å²) < 4.78 is 56.7. The lowest BCUT2D eigenvalue weighted by atomic mass is 10.0. The number of pyridine rings is 1. The van der Waals surface area contributed by atoms with E-state index in [1.807, 2.05) is 25.3 Å². The minimum absolute atomic E-state index is 0.0647. The Morgan fingerprint density at radius 1 is 1.20 bits per heavy atom. The summed E-state index contributed by atoms with van der Waals surface area (Å²) in [4.78, 5) is 43.7. The zero-order valence-corrected chi connectivity index (χ0v) is 25.5. The molecule has 41 heavy (non-hydrogen) atoms. The molecule has 1 aliphatic rings. The molecule has 222 valence electrons. The Labute approximate surface area is 245 Å². The largest absolute Gasteiger partial charge is 0.344 e. The molecule has 9 nitrogen and oxygen atoms in total. The Balaban J connectivity index is 1.46. The van der Waals surface area contributed by atoms with Crippen molar-refractivity contribution in [1.82, 2.24) is 19.9 Å². The second-order valence-electron chi connectivity index (χ2n) is 10.7. The fourth-order valence-corrected chi connectivity index (χ4v) is 8.16. The number of nitrogens with zero attached hydrogens (tertiary/aromatic N) is 2. The second-order valence-corrected chi connectivity index (χ2v) is 14.6. The average molecular weight is 627 g/mol. The van der Waals surface area contributed by atoms with Crippen LogP contribution >= 0.6 is 22.7 Å². The molecule has 0 radical (unpaired) electrons. The van der Waals surface area contributed by atoms with Crippen LogP contribution in [0.3, 0.4) is 0 Å². The highest BCUT2D eigenvalue weighted by atomic mass is 32.2. The molecule has 14 heteroatoms. The molecule has 2 amide bonds. The van der Waals surface area contributed by atoms with Gasteiger partial charge in [-0.3, -0.25) is 14.4 Å². The number of thiophene rings is 2. The first-order chi connectivity index (χ1) is 19.2. The maximum Gasteiger partial charge on any atom is 0.272 e. The van der Waals surface area contributed by atoms with E-state index in [2.05, 4.69) is 15.6 Å². The van der Waals surface area contributed by atoms with Crippen LogP contribution in [0.25, 0.3) is 9.40 Å². The van der Waals surface area contributed by atoms with Crippen molar-refractivity contribution in [2.45, 2.75) is 76.0 Å². The van der Waals surface area contributed by atoms with Crippen LogP contribution in [0.4, 0.5) is 8.78 Å². The Hall–Kier alpha value is -2.81. The summed E-state index contributed by atoms with van der Waals surface area (Å²) in [7, 11) is -4.28. The van der Waals surface area contributed by atoms with Crippen LogP contribution in [0.15, 0.2) is 40.9 Å². The Morgan fingerprint density at radius 2 is 1.93 bits per heavy atom. The van der Waals surface area contributed by atoms with Gasteiger partial charge in [-0.25, -0.2) is 22.2 Å². The Bertz CT molecular complexity index is 1500. The van der Waals surface area contributed by atoms with Gasteiger partial charge in [0.1, 0.15) is 6.04 Å². The van der Waals surface area contributed by atoms with E-state index in [9.17, 15) is 31.6 Å². The molecule has 3 aromatic rings. The normalized spacial score (nSPS) is 19.7. The van der Waals surface area contributed by atoms with Crippen LogP contribution < -0.4 is 10.6 Å². The maximum absolute atomic E-state index is 13.6. The summed E-state index contributed by atoms with van der Waals surface area (Å²) in [5, 5.41) is 7.02. The predicted molar refractivity (Wildman–Crippen MR) is 154 cm³/mol. The van der Waals surface area contributed by atoms with Gasteiger partial charge in [-0.1, -0.05) is 13.8 Å². The van der Waals surface area contributed by atoms with Gasteiger partial charge in [0, 0.05) is 34.1 Å². The number of nitrogens with one attached hydrogen (secondary N) is 2. The summed E-state index contributed by atoms with van der Waals surface area (Å²) in [6.45, 7) is 5.63.